The predicted octanol–water partition coefficient (Wildman–Crippen LogP) is 3.94. The normalized spacial score (nSPS) is 14.5. The van der Waals surface area contributed by atoms with Gasteiger partial charge in [-0.1, -0.05) is 12.1 Å². The fourth-order valence-corrected chi connectivity index (χ4v) is 3.14. The second kappa shape index (κ2) is 5.98. The lowest BCUT2D eigenvalue weighted by Crippen LogP contribution is -2.18. The fourth-order valence-electron chi connectivity index (χ4n) is 2.39. The molecule has 0 unspecified atom stereocenters. The Morgan fingerprint density at radius 1 is 1.30 bits per heavy atom. The van der Waals surface area contributed by atoms with E-state index >= 15 is 0 Å². The van der Waals surface area contributed by atoms with Gasteiger partial charge in [-0.15, -0.1) is 11.3 Å². The molecule has 0 atom stereocenters. The summed E-state index contributed by atoms with van der Waals surface area (Å²) in [4.78, 5) is 3.72. The van der Waals surface area contributed by atoms with Gasteiger partial charge in [0, 0.05) is 30.2 Å². The highest BCUT2D eigenvalue weighted by Gasteiger charge is 2.20. The molecule has 1 heterocycles. The number of nitrogens with one attached hydrogen (secondary N) is 1. The van der Waals surface area contributed by atoms with Crippen molar-refractivity contribution >= 4 is 17.0 Å². The van der Waals surface area contributed by atoms with E-state index in [0.29, 0.717) is 0 Å². The zero-order chi connectivity index (χ0) is 13.9. The van der Waals surface area contributed by atoms with Gasteiger partial charge in [-0.3, -0.25) is 0 Å². The third kappa shape index (κ3) is 3.41. The van der Waals surface area contributed by atoms with Crippen LogP contribution in [0.15, 0.2) is 35.7 Å². The fraction of sp³-hybridized carbons (Fsp3) is 0.412. The van der Waals surface area contributed by atoms with E-state index in [-0.39, 0.29) is 0 Å². The highest BCUT2D eigenvalue weighted by Crippen LogP contribution is 2.23. The maximum absolute atomic E-state index is 3.59. The molecule has 1 aromatic heterocycles. The monoisotopic (exact) mass is 286 g/mol. The van der Waals surface area contributed by atoms with Crippen molar-refractivity contribution in [1.29, 1.82) is 0 Å². The van der Waals surface area contributed by atoms with Crippen LogP contribution in [0.2, 0.25) is 0 Å². The molecule has 3 rings (SSSR count). The quantitative estimate of drug-likeness (QED) is 0.865. The van der Waals surface area contributed by atoms with Crippen LogP contribution < -0.4 is 10.2 Å². The van der Waals surface area contributed by atoms with Crippen molar-refractivity contribution in [3.05, 3.63) is 51.7 Å². The average Bonchev–Trinajstić information content (AvgIpc) is 3.13. The van der Waals surface area contributed by atoms with Gasteiger partial charge in [0.1, 0.15) is 0 Å². The first kappa shape index (κ1) is 13.7. The minimum atomic E-state index is 0.774. The molecule has 1 aliphatic rings. The molecule has 1 fully saturated rings. The van der Waals surface area contributed by atoms with Crippen molar-refractivity contribution < 1.29 is 0 Å². The van der Waals surface area contributed by atoms with E-state index in [1.54, 1.807) is 0 Å². The van der Waals surface area contributed by atoms with Gasteiger partial charge in [-0.2, -0.15) is 0 Å². The molecule has 106 valence electrons. The van der Waals surface area contributed by atoms with Gasteiger partial charge in [0.15, 0.2) is 0 Å². The Balaban J connectivity index is 1.65. The highest BCUT2D eigenvalue weighted by molar-refractivity contribution is 7.09. The lowest BCUT2D eigenvalue weighted by atomic mass is 10.1. The molecular weight excluding hydrogens is 264 g/mol. The van der Waals surface area contributed by atoms with Crippen LogP contribution >= 0.6 is 11.3 Å². The Morgan fingerprint density at radius 3 is 2.80 bits per heavy atom. The molecule has 0 bridgehead atoms. The van der Waals surface area contributed by atoms with Gasteiger partial charge in [-0.05, 0) is 54.5 Å². The standard InChI is InChI=1S/C17H22N2S/c1-13-10-16(19(2)12-17-4-3-9-20-17)8-5-14(13)11-18-15-6-7-15/h3-5,8-10,15,18H,6-7,11-12H2,1-2H3. The van der Waals surface area contributed by atoms with Gasteiger partial charge in [0.05, 0.1) is 6.54 Å². The van der Waals surface area contributed by atoms with E-state index in [9.17, 15) is 0 Å². The summed E-state index contributed by atoms with van der Waals surface area (Å²) < 4.78 is 0. The topological polar surface area (TPSA) is 15.3 Å². The largest absolute Gasteiger partial charge is 0.369 e. The zero-order valence-corrected chi connectivity index (χ0v) is 13.0. The molecular formula is C17H22N2S. The number of aryl methyl sites for hydroxylation is 1. The summed E-state index contributed by atoms with van der Waals surface area (Å²) in [7, 11) is 2.16. The number of rotatable bonds is 6. The number of nitrogens with zero attached hydrogens (tertiary/aromatic N) is 1. The summed E-state index contributed by atoms with van der Waals surface area (Å²) in [6, 6.07) is 11.9. The average molecular weight is 286 g/mol. The molecule has 1 N–H and O–H groups in total. The summed E-state index contributed by atoms with van der Waals surface area (Å²) >= 11 is 1.82. The number of anilines is 1. The maximum atomic E-state index is 3.59. The second-order valence-corrected chi connectivity index (χ2v) is 6.73. The Labute approximate surface area is 125 Å². The van der Waals surface area contributed by atoms with Crippen molar-refractivity contribution in [3.8, 4) is 0 Å². The number of hydrogen-bond acceptors (Lipinski definition) is 3. The Morgan fingerprint density at radius 2 is 2.15 bits per heavy atom. The SMILES string of the molecule is Cc1cc(N(C)Cc2cccs2)ccc1CNC1CC1. The van der Waals surface area contributed by atoms with Crippen molar-refractivity contribution in [3.63, 3.8) is 0 Å². The summed E-state index contributed by atoms with van der Waals surface area (Å²) in [5, 5.41) is 5.73. The first-order chi connectivity index (χ1) is 9.72. The molecule has 1 aliphatic carbocycles. The first-order valence-electron chi connectivity index (χ1n) is 7.29. The van der Waals surface area contributed by atoms with E-state index < -0.39 is 0 Å². The molecule has 0 radical (unpaired) electrons. The van der Waals surface area contributed by atoms with E-state index in [1.807, 2.05) is 11.3 Å². The van der Waals surface area contributed by atoms with Crippen LogP contribution in [0.4, 0.5) is 5.69 Å². The molecule has 3 heteroatoms. The van der Waals surface area contributed by atoms with Crippen molar-refractivity contribution in [2.75, 3.05) is 11.9 Å². The van der Waals surface area contributed by atoms with Crippen LogP contribution in [-0.2, 0) is 13.1 Å². The molecule has 2 nitrogen and oxygen atoms in total. The smallest absolute Gasteiger partial charge is 0.0519 e. The van der Waals surface area contributed by atoms with Crippen molar-refractivity contribution in [2.24, 2.45) is 0 Å². The Hall–Kier alpha value is -1.32. The van der Waals surface area contributed by atoms with Crippen molar-refractivity contribution in [2.45, 2.75) is 38.9 Å². The van der Waals surface area contributed by atoms with Crippen LogP contribution in [0.5, 0.6) is 0 Å². The first-order valence-corrected chi connectivity index (χ1v) is 8.17. The van der Waals surface area contributed by atoms with Crippen LogP contribution in [0.25, 0.3) is 0 Å². The molecule has 20 heavy (non-hydrogen) atoms. The molecule has 0 spiro atoms. The van der Waals surface area contributed by atoms with Gasteiger partial charge in [-0.25, -0.2) is 0 Å². The zero-order valence-electron chi connectivity index (χ0n) is 12.2. The van der Waals surface area contributed by atoms with Crippen molar-refractivity contribution in [1.82, 2.24) is 5.32 Å². The predicted molar refractivity (Wildman–Crippen MR) is 87.5 cm³/mol. The second-order valence-electron chi connectivity index (χ2n) is 5.70. The van der Waals surface area contributed by atoms with E-state index in [1.165, 1.54) is 34.5 Å². The summed E-state index contributed by atoms with van der Waals surface area (Å²) in [5.74, 6) is 0. The van der Waals surface area contributed by atoms with Gasteiger partial charge in [0.2, 0.25) is 0 Å². The van der Waals surface area contributed by atoms with Crippen LogP contribution in [-0.4, -0.2) is 13.1 Å². The number of benzene rings is 1. The Kier molecular flexibility index (Phi) is 4.08. The molecule has 0 aliphatic heterocycles. The molecule has 1 saturated carbocycles. The van der Waals surface area contributed by atoms with Crippen LogP contribution in [0, 0.1) is 6.92 Å². The summed E-state index contributed by atoms with van der Waals surface area (Å²) in [6.07, 6.45) is 2.70. The summed E-state index contributed by atoms with van der Waals surface area (Å²) in [6.45, 7) is 4.20. The third-order valence-corrected chi connectivity index (χ3v) is 4.76. The number of thiophene rings is 1. The minimum Gasteiger partial charge on any atom is -0.369 e. The number of hydrogen-bond donors (Lipinski definition) is 1. The van der Waals surface area contributed by atoms with Gasteiger partial charge < -0.3 is 10.2 Å². The van der Waals surface area contributed by atoms with Gasteiger partial charge >= 0.3 is 0 Å². The van der Waals surface area contributed by atoms with E-state index in [4.69, 9.17) is 0 Å². The summed E-state index contributed by atoms with van der Waals surface area (Å²) in [5.41, 5.74) is 4.10. The lowest BCUT2D eigenvalue weighted by Gasteiger charge is -2.20. The Bertz CT molecular complexity index is 558. The molecule has 2 aromatic rings. The van der Waals surface area contributed by atoms with Crippen LogP contribution in [0.1, 0.15) is 28.8 Å². The van der Waals surface area contributed by atoms with E-state index in [2.05, 4.69) is 59.9 Å². The van der Waals surface area contributed by atoms with Gasteiger partial charge in [0.25, 0.3) is 0 Å². The van der Waals surface area contributed by atoms with E-state index in [0.717, 1.165) is 19.1 Å². The van der Waals surface area contributed by atoms with Crippen LogP contribution in [0.3, 0.4) is 0 Å². The lowest BCUT2D eigenvalue weighted by molar-refractivity contribution is 0.685. The molecule has 0 amide bonds. The maximum Gasteiger partial charge on any atom is 0.0519 e. The third-order valence-electron chi connectivity index (χ3n) is 3.90. The highest BCUT2D eigenvalue weighted by atomic mass is 32.1. The minimum absolute atomic E-state index is 0.774. The molecule has 1 aromatic carbocycles. The molecule has 0 saturated heterocycles.